The number of para-hydroxylation sites is 2. The summed E-state index contributed by atoms with van der Waals surface area (Å²) in [5, 5.41) is 7.60. The van der Waals surface area contributed by atoms with E-state index in [4.69, 9.17) is 6.57 Å². The van der Waals surface area contributed by atoms with Crippen LogP contribution >= 0.6 is 11.3 Å². The fourth-order valence-corrected chi connectivity index (χ4v) is 9.49. The lowest BCUT2D eigenvalue weighted by Gasteiger charge is -2.11. The highest BCUT2D eigenvalue weighted by Crippen LogP contribution is 2.42. The highest BCUT2D eigenvalue weighted by Gasteiger charge is 2.18. The summed E-state index contributed by atoms with van der Waals surface area (Å²) in [7, 11) is 0. The van der Waals surface area contributed by atoms with Gasteiger partial charge < -0.3 is 9.13 Å². The van der Waals surface area contributed by atoms with Gasteiger partial charge in [-0.15, -0.1) is 11.3 Å². The maximum Gasteiger partial charge on any atom is 0.187 e. The van der Waals surface area contributed by atoms with Crippen molar-refractivity contribution < 1.29 is 0 Å². The Labute approximate surface area is 309 Å². The van der Waals surface area contributed by atoms with Crippen LogP contribution in [-0.4, -0.2) is 9.13 Å². The number of benzene rings is 8. The third kappa shape index (κ3) is 4.52. The fraction of sp³-hybridized carbons (Fsp3) is 0. The molecule has 0 N–H and O–H groups in total. The summed E-state index contributed by atoms with van der Waals surface area (Å²) in [5.41, 5.74) is 12.4. The SMILES string of the molecule is [C-]#[N+]c1ccc(-c2ccc(-n3c4ccccc4c4cc(-c5ccc6c(c5)c5ccccc5n6-c5cccc6c5sc5ccccc56)ccc43)cc2)cc1. The Morgan fingerprint density at radius 3 is 1.57 bits per heavy atom. The molecule has 11 aromatic rings. The molecule has 3 heterocycles. The van der Waals surface area contributed by atoms with Gasteiger partial charge in [0.1, 0.15) is 0 Å². The van der Waals surface area contributed by atoms with Crippen molar-refractivity contribution in [3.63, 3.8) is 0 Å². The molecule has 0 aliphatic heterocycles. The molecule has 3 aromatic heterocycles. The van der Waals surface area contributed by atoms with E-state index in [9.17, 15) is 0 Å². The number of fused-ring (bicyclic) bond motifs is 9. The fourth-order valence-electron chi connectivity index (χ4n) is 8.28. The average Bonchev–Trinajstić information content (AvgIpc) is 3.88. The second-order valence-corrected chi connectivity index (χ2v) is 14.7. The van der Waals surface area contributed by atoms with E-state index >= 15 is 0 Å². The molecule has 246 valence electrons. The van der Waals surface area contributed by atoms with E-state index in [2.05, 4.69) is 166 Å². The van der Waals surface area contributed by atoms with E-state index in [1.165, 1.54) is 80.6 Å². The maximum atomic E-state index is 7.27. The van der Waals surface area contributed by atoms with E-state index in [1.807, 2.05) is 35.6 Å². The predicted molar refractivity (Wildman–Crippen MR) is 225 cm³/mol. The Morgan fingerprint density at radius 2 is 0.906 bits per heavy atom. The average molecular weight is 692 g/mol. The molecular weight excluding hydrogens is 663 g/mol. The van der Waals surface area contributed by atoms with Crippen LogP contribution < -0.4 is 0 Å². The third-order valence-corrected chi connectivity index (χ3v) is 12.0. The largest absolute Gasteiger partial charge is 0.309 e. The highest BCUT2D eigenvalue weighted by molar-refractivity contribution is 7.26. The van der Waals surface area contributed by atoms with Crippen LogP contribution in [0.4, 0.5) is 5.69 Å². The molecule has 0 unspecified atom stereocenters. The van der Waals surface area contributed by atoms with Crippen molar-refractivity contribution in [1.82, 2.24) is 9.13 Å². The summed E-state index contributed by atoms with van der Waals surface area (Å²) in [6.07, 6.45) is 0. The van der Waals surface area contributed by atoms with Gasteiger partial charge in [0.15, 0.2) is 5.69 Å². The molecule has 0 aliphatic rings. The smallest absolute Gasteiger partial charge is 0.187 e. The van der Waals surface area contributed by atoms with Crippen molar-refractivity contribution in [2.75, 3.05) is 0 Å². The van der Waals surface area contributed by atoms with Crippen LogP contribution in [0.2, 0.25) is 0 Å². The van der Waals surface area contributed by atoms with Crippen LogP contribution in [-0.2, 0) is 0 Å². The number of thiophene rings is 1. The molecule has 3 nitrogen and oxygen atoms in total. The van der Waals surface area contributed by atoms with E-state index in [-0.39, 0.29) is 0 Å². The first kappa shape index (κ1) is 29.8. The molecule has 4 heteroatoms. The zero-order valence-electron chi connectivity index (χ0n) is 28.5. The summed E-state index contributed by atoms with van der Waals surface area (Å²) in [5.74, 6) is 0. The Kier molecular flexibility index (Phi) is 6.48. The molecular formula is C49H29N3S. The lowest BCUT2D eigenvalue weighted by atomic mass is 10.0. The molecule has 8 aromatic carbocycles. The molecule has 0 saturated carbocycles. The summed E-state index contributed by atoms with van der Waals surface area (Å²) in [6.45, 7) is 7.27. The van der Waals surface area contributed by atoms with Gasteiger partial charge in [0.25, 0.3) is 0 Å². The molecule has 0 bridgehead atoms. The van der Waals surface area contributed by atoms with Gasteiger partial charge in [0.05, 0.1) is 39.0 Å². The molecule has 0 spiro atoms. The Hall–Kier alpha value is -6.93. The number of rotatable bonds is 4. The van der Waals surface area contributed by atoms with Gasteiger partial charge in [-0.2, -0.15) is 0 Å². The molecule has 0 atom stereocenters. The standard InChI is InChI=1S/C49H29N3S/c1-50-35-23-17-31(18-24-35)32-19-25-36(26-20-32)51-43-13-5-2-9-37(43)41-29-33(21-27-45(41)51)34-22-28-46-42(30-34)38-10-3-6-14-44(38)52(46)47-15-8-12-40-39-11-4-7-16-48(39)53-49(40)47/h2-30H. The second-order valence-electron chi connectivity index (χ2n) is 13.6. The third-order valence-electron chi connectivity index (χ3n) is 10.8. The Morgan fingerprint density at radius 1 is 0.396 bits per heavy atom. The van der Waals surface area contributed by atoms with Crippen molar-refractivity contribution in [2.24, 2.45) is 0 Å². The van der Waals surface area contributed by atoms with Crippen LogP contribution in [0.15, 0.2) is 176 Å². The van der Waals surface area contributed by atoms with Crippen molar-refractivity contribution >= 4 is 80.8 Å². The summed E-state index contributed by atoms with van der Waals surface area (Å²) in [4.78, 5) is 3.54. The van der Waals surface area contributed by atoms with Crippen molar-refractivity contribution in [2.45, 2.75) is 0 Å². The molecule has 53 heavy (non-hydrogen) atoms. The second kappa shape index (κ2) is 11.5. The van der Waals surface area contributed by atoms with E-state index < -0.39 is 0 Å². The molecule has 0 aliphatic carbocycles. The first-order chi connectivity index (χ1) is 26.2. The lowest BCUT2D eigenvalue weighted by Crippen LogP contribution is -1.94. The highest BCUT2D eigenvalue weighted by atomic mass is 32.1. The minimum atomic E-state index is 0.655. The molecule has 0 fully saturated rings. The van der Waals surface area contributed by atoms with Gasteiger partial charge in [-0.3, -0.25) is 0 Å². The topological polar surface area (TPSA) is 14.2 Å². The normalized spacial score (nSPS) is 11.8. The number of hydrogen-bond donors (Lipinski definition) is 0. The molecule has 0 saturated heterocycles. The number of nitrogens with zero attached hydrogens (tertiary/aromatic N) is 3. The van der Waals surface area contributed by atoms with Gasteiger partial charge >= 0.3 is 0 Å². The van der Waals surface area contributed by atoms with Gasteiger partial charge in [-0.1, -0.05) is 115 Å². The zero-order valence-corrected chi connectivity index (χ0v) is 29.3. The van der Waals surface area contributed by atoms with Gasteiger partial charge in [0, 0.05) is 42.7 Å². The van der Waals surface area contributed by atoms with Crippen molar-refractivity contribution in [3.8, 4) is 33.6 Å². The van der Waals surface area contributed by atoms with Gasteiger partial charge in [-0.05, 0) is 82.9 Å². The number of aromatic nitrogens is 2. The zero-order chi connectivity index (χ0) is 35.0. The minimum absolute atomic E-state index is 0.655. The van der Waals surface area contributed by atoms with E-state index in [0.717, 1.165) is 16.8 Å². The van der Waals surface area contributed by atoms with Crippen molar-refractivity contribution in [3.05, 3.63) is 187 Å². The summed E-state index contributed by atoms with van der Waals surface area (Å²) >= 11 is 1.88. The van der Waals surface area contributed by atoms with Crippen molar-refractivity contribution in [1.29, 1.82) is 0 Å². The quantitative estimate of drug-likeness (QED) is 0.163. The Balaban J connectivity index is 1.05. The van der Waals surface area contributed by atoms with Crippen LogP contribution in [0.25, 0.3) is 102 Å². The lowest BCUT2D eigenvalue weighted by molar-refractivity contribution is 1.18. The van der Waals surface area contributed by atoms with Gasteiger partial charge in [-0.25, -0.2) is 4.85 Å². The summed E-state index contributed by atoms with van der Waals surface area (Å²) in [6, 6.07) is 63.3. The maximum absolute atomic E-state index is 7.27. The van der Waals surface area contributed by atoms with Crippen LogP contribution in [0, 0.1) is 6.57 Å². The number of hydrogen-bond acceptors (Lipinski definition) is 1. The first-order valence-corrected chi connectivity index (χ1v) is 18.6. The summed E-state index contributed by atoms with van der Waals surface area (Å²) < 4.78 is 7.45. The molecule has 0 amide bonds. The van der Waals surface area contributed by atoms with Gasteiger partial charge in [0.2, 0.25) is 0 Å². The van der Waals surface area contributed by atoms with E-state index in [0.29, 0.717) is 5.69 Å². The van der Waals surface area contributed by atoms with Crippen LogP contribution in [0.5, 0.6) is 0 Å². The van der Waals surface area contributed by atoms with Crippen LogP contribution in [0.3, 0.4) is 0 Å². The van der Waals surface area contributed by atoms with E-state index in [1.54, 1.807) is 0 Å². The molecule has 0 radical (unpaired) electrons. The Bertz CT molecular complexity index is 3280. The van der Waals surface area contributed by atoms with Crippen LogP contribution in [0.1, 0.15) is 0 Å². The monoisotopic (exact) mass is 691 g/mol. The predicted octanol–water partition coefficient (Wildman–Crippen LogP) is 14.1. The minimum Gasteiger partial charge on any atom is -0.309 e. The molecule has 11 rings (SSSR count). The first-order valence-electron chi connectivity index (χ1n) is 17.8.